The molecule has 45 valence electrons. The Morgan fingerprint density at radius 2 is 2.67 bits per heavy atom. The van der Waals surface area contributed by atoms with Gasteiger partial charge in [0, 0.05) is 11.4 Å². The first-order valence-electron chi connectivity index (χ1n) is 2.86. The molecule has 1 aliphatic rings. The summed E-state index contributed by atoms with van der Waals surface area (Å²) in [5.74, 6) is 0. The maximum atomic E-state index is 3.17. The van der Waals surface area contributed by atoms with Gasteiger partial charge in [-0.3, -0.25) is 4.72 Å². The fourth-order valence-electron chi connectivity index (χ4n) is 0.876. The molecule has 1 aromatic carbocycles. The third-order valence-electron chi connectivity index (χ3n) is 1.33. The van der Waals surface area contributed by atoms with Crippen molar-refractivity contribution in [2.24, 2.45) is 0 Å². The van der Waals surface area contributed by atoms with Gasteiger partial charge in [0.2, 0.25) is 0 Å². The van der Waals surface area contributed by atoms with Gasteiger partial charge in [0.25, 0.3) is 0 Å². The molecule has 1 aromatic rings. The second-order valence-corrected chi connectivity index (χ2v) is 2.87. The fraction of sp³-hybridized carbons (Fsp3) is 0.143. The van der Waals surface area contributed by atoms with Crippen molar-refractivity contribution in [2.75, 3.05) is 0 Å². The normalized spacial score (nSPS) is 15.6. The molecule has 0 saturated carbocycles. The Hall–Kier alpha value is -0.470. The average molecular weight is 136 g/mol. The molecule has 0 amide bonds. The SMILES string of the molecule is [c]1cccc2c1CNS2. The molecule has 0 bridgehead atoms. The van der Waals surface area contributed by atoms with Gasteiger partial charge < -0.3 is 0 Å². The van der Waals surface area contributed by atoms with Gasteiger partial charge in [-0.2, -0.15) is 0 Å². The topological polar surface area (TPSA) is 12.0 Å². The Bertz CT molecular complexity index is 199. The van der Waals surface area contributed by atoms with Gasteiger partial charge in [-0.25, -0.2) is 0 Å². The maximum Gasteiger partial charge on any atom is 0.0331 e. The third kappa shape index (κ3) is 0.843. The molecule has 1 heterocycles. The summed E-state index contributed by atoms with van der Waals surface area (Å²) < 4.78 is 3.17. The summed E-state index contributed by atoms with van der Waals surface area (Å²) in [6.45, 7) is 0.959. The number of hydrogen-bond acceptors (Lipinski definition) is 2. The number of benzene rings is 1. The first kappa shape index (κ1) is 5.33. The molecule has 0 unspecified atom stereocenters. The molecule has 1 radical (unpaired) electrons. The fourth-order valence-corrected chi connectivity index (χ4v) is 1.65. The Labute approximate surface area is 58.6 Å². The lowest BCUT2D eigenvalue weighted by atomic mass is 10.2. The van der Waals surface area contributed by atoms with E-state index < -0.39 is 0 Å². The van der Waals surface area contributed by atoms with Crippen LogP contribution in [0.2, 0.25) is 0 Å². The Kier molecular flexibility index (Phi) is 1.21. The van der Waals surface area contributed by atoms with Crippen LogP contribution < -0.4 is 4.72 Å². The molecule has 0 fully saturated rings. The molecule has 1 N–H and O–H groups in total. The van der Waals surface area contributed by atoms with Crippen molar-refractivity contribution in [1.29, 1.82) is 0 Å². The van der Waals surface area contributed by atoms with Gasteiger partial charge >= 0.3 is 0 Å². The Morgan fingerprint density at radius 1 is 1.67 bits per heavy atom. The molecule has 9 heavy (non-hydrogen) atoms. The van der Waals surface area contributed by atoms with Crippen molar-refractivity contribution in [3.8, 4) is 0 Å². The van der Waals surface area contributed by atoms with Crippen LogP contribution in [-0.4, -0.2) is 0 Å². The highest BCUT2D eigenvalue weighted by atomic mass is 32.2. The summed E-state index contributed by atoms with van der Waals surface area (Å²) in [6.07, 6.45) is 0. The molecule has 1 nitrogen and oxygen atoms in total. The predicted molar refractivity (Wildman–Crippen MR) is 38.0 cm³/mol. The molecule has 2 heteroatoms. The monoisotopic (exact) mass is 136 g/mol. The van der Waals surface area contributed by atoms with E-state index in [1.165, 1.54) is 10.5 Å². The van der Waals surface area contributed by atoms with Crippen molar-refractivity contribution in [3.05, 3.63) is 29.8 Å². The number of hydrogen-bond donors (Lipinski definition) is 1. The second kappa shape index (κ2) is 2.05. The van der Waals surface area contributed by atoms with Crippen molar-refractivity contribution >= 4 is 11.9 Å². The van der Waals surface area contributed by atoms with Crippen LogP contribution in [0.25, 0.3) is 0 Å². The molecule has 2 rings (SSSR count). The Morgan fingerprint density at radius 3 is 3.56 bits per heavy atom. The van der Waals surface area contributed by atoms with Crippen LogP contribution in [0.3, 0.4) is 0 Å². The van der Waals surface area contributed by atoms with Crippen molar-refractivity contribution < 1.29 is 0 Å². The van der Waals surface area contributed by atoms with Crippen LogP contribution in [0.15, 0.2) is 23.1 Å². The third-order valence-corrected chi connectivity index (χ3v) is 2.22. The molecule has 0 aromatic heterocycles. The highest BCUT2D eigenvalue weighted by Crippen LogP contribution is 2.25. The minimum atomic E-state index is 0.959. The summed E-state index contributed by atoms with van der Waals surface area (Å²) in [6, 6.07) is 9.24. The zero-order valence-corrected chi connectivity index (χ0v) is 5.66. The number of rotatable bonds is 0. The zero-order valence-electron chi connectivity index (χ0n) is 4.85. The van der Waals surface area contributed by atoms with E-state index in [2.05, 4.69) is 16.9 Å². The molecule has 0 saturated heterocycles. The minimum Gasteiger partial charge on any atom is -0.255 e. The van der Waals surface area contributed by atoms with Gasteiger partial charge in [-0.15, -0.1) is 0 Å². The van der Waals surface area contributed by atoms with Gasteiger partial charge in [0.1, 0.15) is 0 Å². The molecule has 0 spiro atoms. The lowest BCUT2D eigenvalue weighted by molar-refractivity contribution is 0.992. The van der Waals surface area contributed by atoms with Crippen molar-refractivity contribution in [1.82, 2.24) is 4.72 Å². The minimum absolute atomic E-state index is 0.959. The van der Waals surface area contributed by atoms with E-state index >= 15 is 0 Å². The van der Waals surface area contributed by atoms with Gasteiger partial charge in [0.15, 0.2) is 0 Å². The zero-order chi connectivity index (χ0) is 6.10. The van der Waals surface area contributed by atoms with Crippen LogP contribution in [0.4, 0.5) is 0 Å². The van der Waals surface area contributed by atoms with Crippen LogP contribution in [-0.2, 0) is 6.54 Å². The first-order valence-corrected chi connectivity index (χ1v) is 3.68. The Balaban J connectivity index is 2.54. The molecular formula is C7H6NS. The molecule has 0 aliphatic carbocycles. The van der Waals surface area contributed by atoms with Gasteiger partial charge in [-0.1, -0.05) is 12.1 Å². The van der Waals surface area contributed by atoms with E-state index in [0.29, 0.717) is 0 Å². The lowest BCUT2D eigenvalue weighted by Gasteiger charge is -1.89. The molecule has 0 atom stereocenters. The summed E-state index contributed by atoms with van der Waals surface area (Å²) >= 11 is 1.69. The van der Waals surface area contributed by atoms with E-state index in [1.54, 1.807) is 11.9 Å². The summed E-state index contributed by atoms with van der Waals surface area (Å²) in [7, 11) is 0. The van der Waals surface area contributed by atoms with Crippen LogP contribution in [0, 0.1) is 6.07 Å². The van der Waals surface area contributed by atoms with Crippen LogP contribution in [0.5, 0.6) is 0 Å². The highest BCUT2D eigenvalue weighted by Gasteiger charge is 2.07. The molecule has 1 aliphatic heterocycles. The van der Waals surface area contributed by atoms with E-state index in [0.717, 1.165) is 6.54 Å². The highest BCUT2D eigenvalue weighted by molar-refractivity contribution is 7.97. The standard InChI is InChI=1S/C7H6NS/c1-2-4-7-6(3-1)5-8-9-7/h1-2,4,8H,5H2. The van der Waals surface area contributed by atoms with Gasteiger partial charge in [0.05, 0.1) is 0 Å². The second-order valence-electron chi connectivity index (χ2n) is 1.94. The van der Waals surface area contributed by atoms with E-state index in [-0.39, 0.29) is 0 Å². The largest absolute Gasteiger partial charge is 0.255 e. The van der Waals surface area contributed by atoms with E-state index in [9.17, 15) is 0 Å². The van der Waals surface area contributed by atoms with Crippen LogP contribution in [0.1, 0.15) is 5.56 Å². The quantitative estimate of drug-likeness (QED) is 0.544. The van der Waals surface area contributed by atoms with E-state index in [1.807, 2.05) is 12.1 Å². The van der Waals surface area contributed by atoms with Crippen molar-refractivity contribution in [3.63, 3.8) is 0 Å². The number of nitrogens with one attached hydrogen (secondary N) is 1. The lowest BCUT2D eigenvalue weighted by Crippen LogP contribution is -1.91. The summed E-state index contributed by atoms with van der Waals surface area (Å²) in [5, 5.41) is 0. The summed E-state index contributed by atoms with van der Waals surface area (Å²) in [5.41, 5.74) is 1.29. The molecular weight excluding hydrogens is 130 g/mol. The van der Waals surface area contributed by atoms with E-state index in [4.69, 9.17) is 0 Å². The van der Waals surface area contributed by atoms with Crippen molar-refractivity contribution in [2.45, 2.75) is 11.4 Å². The summed E-state index contributed by atoms with van der Waals surface area (Å²) in [4.78, 5) is 1.32. The maximum absolute atomic E-state index is 3.17. The number of fused-ring (bicyclic) bond motifs is 1. The average Bonchev–Trinajstić information content (AvgIpc) is 2.33. The first-order chi connectivity index (χ1) is 4.47. The van der Waals surface area contributed by atoms with Gasteiger partial charge in [-0.05, 0) is 29.6 Å². The smallest absolute Gasteiger partial charge is 0.0331 e. The predicted octanol–water partition coefficient (Wildman–Crippen LogP) is 1.60. The van der Waals surface area contributed by atoms with Crippen LogP contribution >= 0.6 is 11.9 Å².